The van der Waals surface area contributed by atoms with E-state index in [0.29, 0.717) is 12.0 Å². The second-order valence-electron chi connectivity index (χ2n) is 5.70. The Balaban J connectivity index is 1.76. The molecule has 1 N–H and O–H groups in total. The van der Waals surface area contributed by atoms with Gasteiger partial charge >= 0.3 is 0 Å². The van der Waals surface area contributed by atoms with E-state index in [4.69, 9.17) is 0 Å². The molecular weight excluding hydrogens is 244 g/mol. The number of hydrogen-bond donors (Lipinski definition) is 1. The van der Waals surface area contributed by atoms with Gasteiger partial charge in [-0.15, -0.1) is 0 Å². The Morgan fingerprint density at radius 3 is 2.90 bits per heavy atom. The van der Waals surface area contributed by atoms with Crippen molar-refractivity contribution >= 4 is 0 Å². The van der Waals surface area contributed by atoms with Gasteiger partial charge in [0.05, 0.1) is 11.7 Å². The normalized spacial score (nSPS) is 18.2. The largest absolute Gasteiger partial charge is 0.309 e. The lowest BCUT2D eigenvalue weighted by Gasteiger charge is -2.33. The van der Waals surface area contributed by atoms with E-state index < -0.39 is 0 Å². The maximum atomic E-state index is 4.56. The molecule has 1 aromatic carbocycles. The Morgan fingerprint density at radius 1 is 1.30 bits per heavy atom. The molecule has 0 fully saturated rings. The molecule has 0 bridgehead atoms. The van der Waals surface area contributed by atoms with Crippen LogP contribution in [0.25, 0.3) is 0 Å². The number of pyridine rings is 1. The zero-order chi connectivity index (χ0) is 13.9. The number of nitrogens with one attached hydrogen (secondary N) is 1. The quantitative estimate of drug-likeness (QED) is 0.891. The van der Waals surface area contributed by atoms with Crippen LogP contribution >= 0.6 is 0 Å². The fourth-order valence-corrected chi connectivity index (χ4v) is 3.16. The third-order valence-electron chi connectivity index (χ3n) is 4.23. The molecule has 0 amide bonds. The van der Waals surface area contributed by atoms with Crippen molar-refractivity contribution in [1.29, 1.82) is 0 Å². The first-order valence-electron chi connectivity index (χ1n) is 7.51. The van der Waals surface area contributed by atoms with E-state index in [-0.39, 0.29) is 0 Å². The lowest BCUT2D eigenvalue weighted by atomic mass is 9.74. The summed E-state index contributed by atoms with van der Waals surface area (Å²) < 4.78 is 0. The molecule has 1 aromatic heterocycles. The number of aromatic nitrogens is 1. The first-order chi connectivity index (χ1) is 9.78. The average Bonchev–Trinajstić information content (AvgIpc) is 2.43. The van der Waals surface area contributed by atoms with Crippen LogP contribution in [-0.4, -0.2) is 11.5 Å². The van der Waals surface area contributed by atoms with Crippen LogP contribution in [0.15, 0.2) is 42.6 Å². The highest BCUT2D eigenvalue weighted by molar-refractivity contribution is 5.40. The van der Waals surface area contributed by atoms with Gasteiger partial charge in [0.1, 0.15) is 0 Å². The van der Waals surface area contributed by atoms with E-state index in [0.717, 1.165) is 13.0 Å². The van der Waals surface area contributed by atoms with Crippen molar-refractivity contribution < 1.29 is 0 Å². The van der Waals surface area contributed by atoms with Gasteiger partial charge in [-0.25, -0.2) is 0 Å². The monoisotopic (exact) mass is 266 g/mol. The summed E-state index contributed by atoms with van der Waals surface area (Å²) in [5.74, 6) is 0.678. The standard InChI is InChI=1S/C18H22N2/c1-3-19-18(17-10-13(2)8-9-20-17)12-15-11-14-6-4-5-7-16(14)15/h4-10,15,18-19H,3,11-12H2,1-2H3. The van der Waals surface area contributed by atoms with Gasteiger partial charge in [-0.3, -0.25) is 4.98 Å². The van der Waals surface area contributed by atoms with Gasteiger partial charge in [0, 0.05) is 6.20 Å². The summed E-state index contributed by atoms with van der Waals surface area (Å²) >= 11 is 0. The molecule has 3 rings (SSSR count). The van der Waals surface area contributed by atoms with Crippen LogP contribution in [0.5, 0.6) is 0 Å². The molecule has 2 nitrogen and oxygen atoms in total. The minimum absolute atomic E-state index is 0.359. The molecule has 2 atom stereocenters. The number of nitrogens with zero attached hydrogens (tertiary/aromatic N) is 1. The maximum absolute atomic E-state index is 4.56. The second kappa shape index (κ2) is 5.76. The van der Waals surface area contributed by atoms with Crippen molar-refractivity contribution in [3.63, 3.8) is 0 Å². The molecule has 1 aliphatic carbocycles. The van der Waals surface area contributed by atoms with E-state index in [1.54, 1.807) is 0 Å². The predicted octanol–water partition coefficient (Wildman–Crippen LogP) is 3.77. The summed E-state index contributed by atoms with van der Waals surface area (Å²) in [6.45, 7) is 5.28. The molecule has 2 unspecified atom stereocenters. The summed E-state index contributed by atoms with van der Waals surface area (Å²) in [4.78, 5) is 4.56. The topological polar surface area (TPSA) is 24.9 Å². The molecule has 1 aliphatic rings. The van der Waals surface area contributed by atoms with Gasteiger partial charge in [0.2, 0.25) is 0 Å². The minimum atomic E-state index is 0.359. The van der Waals surface area contributed by atoms with E-state index in [1.165, 1.54) is 28.8 Å². The van der Waals surface area contributed by atoms with Gasteiger partial charge in [-0.1, -0.05) is 31.2 Å². The molecule has 0 saturated carbocycles. The molecular formula is C18H22N2. The second-order valence-corrected chi connectivity index (χ2v) is 5.70. The zero-order valence-corrected chi connectivity index (χ0v) is 12.3. The number of benzene rings is 1. The first kappa shape index (κ1) is 13.3. The van der Waals surface area contributed by atoms with Crippen LogP contribution in [-0.2, 0) is 6.42 Å². The molecule has 0 saturated heterocycles. The van der Waals surface area contributed by atoms with Gasteiger partial charge in [0.15, 0.2) is 0 Å². The molecule has 2 aromatic rings. The van der Waals surface area contributed by atoms with E-state index >= 15 is 0 Å². The van der Waals surface area contributed by atoms with Crippen LogP contribution in [0.2, 0.25) is 0 Å². The van der Waals surface area contributed by atoms with Crippen LogP contribution < -0.4 is 5.32 Å². The minimum Gasteiger partial charge on any atom is -0.309 e. The van der Waals surface area contributed by atoms with Gasteiger partial charge in [0.25, 0.3) is 0 Å². The Bertz CT molecular complexity index is 591. The lowest BCUT2D eigenvalue weighted by Crippen LogP contribution is -2.27. The van der Waals surface area contributed by atoms with Crippen LogP contribution in [0.1, 0.15) is 47.7 Å². The highest BCUT2D eigenvalue weighted by Gasteiger charge is 2.28. The Kier molecular flexibility index (Phi) is 3.83. The number of aryl methyl sites for hydroxylation is 1. The molecule has 0 spiro atoms. The third kappa shape index (κ3) is 2.61. The Hall–Kier alpha value is -1.67. The smallest absolute Gasteiger partial charge is 0.0576 e. The van der Waals surface area contributed by atoms with Crippen molar-refractivity contribution in [2.24, 2.45) is 0 Å². The fourth-order valence-electron chi connectivity index (χ4n) is 3.16. The SMILES string of the molecule is CCNC(CC1Cc2ccccc21)c1cc(C)ccn1. The molecule has 2 heteroatoms. The summed E-state index contributed by atoms with van der Waals surface area (Å²) in [6.07, 6.45) is 4.27. The average molecular weight is 266 g/mol. The Morgan fingerprint density at radius 2 is 2.15 bits per heavy atom. The summed E-state index contributed by atoms with van der Waals surface area (Å²) in [7, 11) is 0. The number of hydrogen-bond acceptors (Lipinski definition) is 2. The summed E-state index contributed by atoms with van der Waals surface area (Å²) in [5.41, 5.74) is 5.51. The lowest BCUT2D eigenvalue weighted by molar-refractivity contribution is 0.428. The van der Waals surface area contributed by atoms with Crippen molar-refractivity contribution in [3.8, 4) is 0 Å². The van der Waals surface area contributed by atoms with Gasteiger partial charge < -0.3 is 5.32 Å². The van der Waals surface area contributed by atoms with Crippen molar-refractivity contribution in [2.75, 3.05) is 6.54 Å². The van der Waals surface area contributed by atoms with Crippen molar-refractivity contribution in [3.05, 3.63) is 65.0 Å². The number of fused-ring (bicyclic) bond motifs is 1. The van der Waals surface area contributed by atoms with E-state index in [2.05, 4.69) is 60.5 Å². The predicted molar refractivity (Wildman–Crippen MR) is 82.9 cm³/mol. The summed E-state index contributed by atoms with van der Waals surface area (Å²) in [5, 5.41) is 3.59. The van der Waals surface area contributed by atoms with Gasteiger partial charge in [-0.2, -0.15) is 0 Å². The van der Waals surface area contributed by atoms with Crippen LogP contribution in [0.3, 0.4) is 0 Å². The maximum Gasteiger partial charge on any atom is 0.0576 e. The highest BCUT2D eigenvalue weighted by atomic mass is 14.9. The molecule has 0 radical (unpaired) electrons. The van der Waals surface area contributed by atoms with Crippen LogP contribution in [0, 0.1) is 6.92 Å². The van der Waals surface area contributed by atoms with E-state index in [1.807, 2.05) is 6.20 Å². The van der Waals surface area contributed by atoms with Crippen molar-refractivity contribution in [1.82, 2.24) is 10.3 Å². The third-order valence-corrected chi connectivity index (χ3v) is 4.23. The highest BCUT2D eigenvalue weighted by Crippen LogP contribution is 2.40. The fraction of sp³-hybridized carbons (Fsp3) is 0.389. The molecule has 0 aliphatic heterocycles. The molecule has 104 valence electrons. The first-order valence-corrected chi connectivity index (χ1v) is 7.51. The number of rotatable bonds is 5. The van der Waals surface area contributed by atoms with Crippen molar-refractivity contribution in [2.45, 2.75) is 38.6 Å². The van der Waals surface area contributed by atoms with Crippen LogP contribution in [0.4, 0.5) is 0 Å². The zero-order valence-electron chi connectivity index (χ0n) is 12.3. The van der Waals surface area contributed by atoms with E-state index in [9.17, 15) is 0 Å². The molecule has 1 heterocycles. The Labute approximate surface area is 121 Å². The molecule has 20 heavy (non-hydrogen) atoms. The summed E-state index contributed by atoms with van der Waals surface area (Å²) in [6, 6.07) is 13.4. The van der Waals surface area contributed by atoms with Gasteiger partial charge in [-0.05, 0) is 61.1 Å².